The van der Waals surface area contributed by atoms with E-state index in [9.17, 15) is 15.1 Å². The highest BCUT2D eigenvalue weighted by Crippen LogP contribution is 2.40. The van der Waals surface area contributed by atoms with Crippen molar-refractivity contribution in [1.82, 2.24) is 9.13 Å². The lowest BCUT2D eigenvalue weighted by Gasteiger charge is -2.10. The Hall–Kier alpha value is -6.84. The second kappa shape index (κ2) is 10.8. The fourth-order valence-corrected chi connectivity index (χ4v) is 6.46. The van der Waals surface area contributed by atoms with Crippen molar-refractivity contribution >= 4 is 65.6 Å². The summed E-state index contributed by atoms with van der Waals surface area (Å²) in [5, 5.41) is -2.00. The highest BCUT2D eigenvalue weighted by molar-refractivity contribution is 6.13. The van der Waals surface area contributed by atoms with Gasteiger partial charge in [0.1, 0.15) is 11.2 Å². The van der Waals surface area contributed by atoms with Crippen molar-refractivity contribution in [3.05, 3.63) is 181 Å². The van der Waals surface area contributed by atoms with Gasteiger partial charge in [0.2, 0.25) is 0 Å². The minimum Gasteiger partial charge on any atom is -0.455 e. The van der Waals surface area contributed by atoms with E-state index in [0.29, 0.717) is 5.69 Å². The van der Waals surface area contributed by atoms with Gasteiger partial charge in [-0.2, -0.15) is 0 Å². The molecule has 3 nitrogen and oxygen atoms in total. The molecule has 3 heteroatoms. The van der Waals surface area contributed by atoms with Gasteiger partial charge in [-0.3, -0.25) is 0 Å². The lowest BCUT2D eigenvalue weighted by molar-refractivity contribution is 0.670. The molecule has 3 heterocycles. The summed E-state index contributed by atoms with van der Waals surface area (Å²) in [7, 11) is 0. The molecule has 0 aliphatic heterocycles. The second-order valence-corrected chi connectivity index (χ2v) is 11.5. The molecule has 51 heavy (non-hydrogen) atoms. The highest BCUT2D eigenvalue weighted by atomic mass is 16.3. The van der Waals surface area contributed by atoms with E-state index in [1.807, 2.05) is 0 Å². The fraction of sp³-hybridized carbons (Fsp3) is 0. The predicted octanol–water partition coefficient (Wildman–Crippen LogP) is 13.1. The van der Waals surface area contributed by atoms with Gasteiger partial charge in [-0.15, -0.1) is 0 Å². The molecule has 0 N–H and O–H groups in total. The van der Waals surface area contributed by atoms with E-state index in [1.165, 1.54) is 4.57 Å². The SMILES string of the molecule is [2H]c1c([2H])c(-n2c3c([2H])cc(-c4c([2H])c([2H])c5c(c4[2H])c4c([2H])c([2H])c([2H])c([2H])c4n5-c4ccccc4)c([2H])c3c3c([2H])c([2H])c([2H])c([2H])c32)c([2H])c([2H])c1-c1c([2H])c([2H])c([2H])c2c1oc1c([2H])c([2H])c([2H])c([2H])c12. The van der Waals surface area contributed by atoms with Gasteiger partial charge in [-0.25, -0.2) is 0 Å². The second-order valence-electron chi connectivity index (χ2n) is 11.5. The number of fused-ring (bicyclic) bond motifs is 9. The summed E-state index contributed by atoms with van der Waals surface area (Å²) in [5.41, 5.74) is -4.78. The summed E-state index contributed by atoms with van der Waals surface area (Å²) >= 11 is 0. The first kappa shape index (κ1) is 13.5. The zero-order valence-electron chi connectivity index (χ0n) is 49.8. The molecule has 11 rings (SSSR count). The van der Waals surface area contributed by atoms with Gasteiger partial charge in [0.25, 0.3) is 0 Å². The summed E-state index contributed by atoms with van der Waals surface area (Å²) in [6.07, 6.45) is 0. The molecule has 238 valence electrons. The van der Waals surface area contributed by atoms with Gasteiger partial charge in [-0.1, -0.05) is 115 Å². The van der Waals surface area contributed by atoms with Crippen LogP contribution in [-0.2, 0) is 0 Å². The summed E-state index contributed by atoms with van der Waals surface area (Å²) in [5.74, 6) is 0. The Morgan fingerprint density at radius 2 is 0.980 bits per heavy atom. The minimum atomic E-state index is -0.952. The molecule has 0 saturated carbocycles. The van der Waals surface area contributed by atoms with Gasteiger partial charge in [0, 0.05) is 49.3 Å². The summed E-state index contributed by atoms with van der Waals surface area (Å²) in [4.78, 5) is 0. The van der Waals surface area contributed by atoms with E-state index in [1.54, 1.807) is 30.3 Å². The molecule has 0 atom stereocenters. The fourth-order valence-electron chi connectivity index (χ4n) is 6.46. The van der Waals surface area contributed by atoms with Crippen molar-refractivity contribution < 1.29 is 37.3 Å². The average molecular weight is 675 g/mol. The van der Waals surface area contributed by atoms with E-state index >= 15 is 0 Å². The number of benzene rings is 8. The monoisotopic (exact) mass is 674 g/mol. The molecule has 0 aliphatic rings. The van der Waals surface area contributed by atoms with Crippen LogP contribution in [0.2, 0.25) is 0 Å². The molecule has 8 aromatic carbocycles. The summed E-state index contributed by atoms with van der Waals surface area (Å²) < 4.78 is 225. The maximum atomic E-state index is 9.83. The quantitative estimate of drug-likeness (QED) is 0.182. The first-order chi connectivity index (χ1) is 35.3. The van der Waals surface area contributed by atoms with Crippen molar-refractivity contribution in [2.24, 2.45) is 0 Å². The number of para-hydroxylation sites is 5. The van der Waals surface area contributed by atoms with Crippen LogP contribution in [0, 0.1) is 0 Å². The Labute approximate surface area is 327 Å². The normalized spacial score (nSPS) is 18.5. The van der Waals surface area contributed by atoms with E-state index in [-0.39, 0.29) is 32.6 Å². The molecular weight excluding hydrogens is 621 g/mol. The Kier molecular flexibility index (Phi) is 2.86. The molecule has 11 aromatic rings. The van der Waals surface area contributed by atoms with Crippen LogP contribution in [0.15, 0.2) is 186 Å². The number of furan rings is 1. The molecule has 0 bridgehead atoms. The predicted molar refractivity (Wildman–Crippen MR) is 213 cm³/mol. The van der Waals surface area contributed by atoms with Crippen molar-refractivity contribution in [1.29, 1.82) is 0 Å². The van der Waals surface area contributed by atoms with Gasteiger partial charge in [0.05, 0.1) is 55.0 Å². The largest absolute Gasteiger partial charge is 0.455 e. The van der Waals surface area contributed by atoms with Crippen LogP contribution < -0.4 is 0 Å². The Morgan fingerprint density at radius 1 is 0.392 bits per heavy atom. The van der Waals surface area contributed by atoms with Gasteiger partial charge in [0.15, 0.2) is 0 Å². The molecule has 0 saturated heterocycles. The minimum absolute atomic E-state index is 0.113. The molecule has 0 aliphatic carbocycles. The number of hydrogen-bond acceptors (Lipinski definition) is 1. The van der Waals surface area contributed by atoms with Crippen LogP contribution in [0.4, 0.5) is 0 Å². The zero-order valence-corrected chi connectivity index (χ0v) is 25.8. The third-order valence-corrected chi connectivity index (χ3v) is 8.68. The smallest absolute Gasteiger partial charge is 0.143 e. The molecule has 0 spiro atoms. The highest BCUT2D eigenvalue weighted by Gasteiger charge is 2.17. The van der Waals surface area contributed by atoms with Crippen molar-refractivity contribution in [3.63, 3.8) is 0 Å². The van der Waals surface area contributed by atoms with Crippen LogP contribution >= 0.6 is 0 Å². The van der Waals surface area contributed by atoms with Gasteiger partial charge < -0.3 is 13.6 Å². The van der Waals surface area contributed by atoms with E-state index in [4.69, 9.17) is 22.2 Å². The molecule has 0 radical (unpaired) electrons. The Morgan fingerprint density at radius 3 is 1.75 bits per heavy atom. The molecular formula is C48H30N2O. The molecule has 0 unspecified atom stereocenters. The number of rotatable bonds is 4. The topological polar surface area (TPSA) is 23.0 Å². The average Bonchev–Trinajstić information content (AvgIpc) is 4.14. The molecule has 0 fully saturated rings. The van der Waals surface area contributed by atoms with Crippen molar-refractivity contribution in [2.45, 2.75) is 0 Å². The van der Waals surface area contributed by atoms with Crippen LogP contribution in [0.5, 0.6) is 0 Å². The first-order valence-corrected chi connectivity index (χ1v) is 15.5. The maximum Gasteiger partial charge on any atom is 0.143 e. The standard InChI is InChI=1S/C48H30N2O/c1-2-11-34(12-3-1)49-43-18-7-4-13-37(43)41-29-32(23-27-45(41)49)33-24-28-46-42(30-33)38-14-5-8-19-44(38)50(46)35-25-21-31(22-26-35)36-16-10-17-40-39-15-6-9-20-47(39)51-48(36)40/h1-30H/i4D,5D,6D,7D,8D,9D,10D,13D,14D,15D,16D,17D,18D,19D,20D,21D,22D,23D,25D,26D,27D,28D,29D,30D. The van der Waals surface area contributed by atoms with Crippen LogP contribution in [0.25, 0.3) is 99.2 Å². The lowest BCUT2D eigenvalue weighted by atomic mass is 10.0. The Balaban J connectivity index is 1.26. The first-order valence-electron chi connectivity index (χ1n) is 27.5. The van der Waals surface area contributed by atoms with E-state index in [2.05, 4.69) is 0 Å². The van der Waals surface area contributed by atoms with Crippen LogP contribution in [-0.4, -0.2) is 9.13 Å². The third-order valence-electron chi connectivity index (χ3n) is 8.68. The van der Waals surface area contributed by atoms with Crippen LogP contribution in [0.1, 0.15) is 32.9 Å². The number of nitrogens with zero attached hydrogens (tertiary/aromatic N) is 2. The zero-order chi connectivity index (χ0) is 54.4. The van der Waals surface area contributed by atoms with Gasteiger partial charge in [-0.05, 0) is 83.2 Å². The summed E-state index contributed by atoms with van der Waals surface area (Å²) in [6, 6.07) is -8.47. The van der Waals surface area contributed by atoms with E-state index < -0.39 is 206 Å². The maximum absolute atomic E-state index is 9.83. The van der Waals surface area contributed by atoms with Crippen molar-refractivity contribution in [3.8, 4) is 33.6 Å². The van der Waals surface area contributed by atoms with E-state index in [0.717, 1.165) is 10.6 Å². The third kappa shape index (κ3) is 4.19. The molecule has 0 amide bonds. The van der Waals surface area contributed by atoms with Crippen molar-refractivity contribution in [2.75, 3.05) is 0 Å². The lowest BCUT2D eigenvalue weighted by Crippen LogP contribution is -1.94. The molecule has 3 aromatic heterocycles. The van der Waals surface area contributed by atoms with Gasteiger partial charge >= 0.3 is 0 Å². The number of aromatic nitrogens is 2. The number of hydrogen-bond donors (Lipinski definition) is 0. The Bertz CT molecular complexity index is 4490. The van der Waals surface area contributed by atoms with Crippen LogP contribution in [0.3, 0.4) is 0 Å². The summed E-state index contributed by atoms with van der Waals surface area (Å²) in [6.45, 7) is 0.